The van der Waals surface area contributed by atoms with Crippen LogP contribution >= 0.6 is 0 Å². The van der Waals surface area contributed by atoms with Crippen molar-refractivity contribution in [2.45, 2.75) is 12.8 Å². The number of para-hydroxylation sites is 2. The average Bonchev–Trinajstić information content (AvgIpc) is 2.78. The monoisotopic (exact) mass is 389 g/mol. The number of fused-ring (bicyclic) bond motifs is 1. The third kappa shape index (κ3) is 4.71. The van der Waals surface area contributed by atoms with Crippen LogP contribution in [-0.2, 0) is 9.59 Å². The molecule has 1 aromatic heterocycles. The van der Waals surface area contributed by atoms with Crippen molar-refractivity contribution in [2.24, 2.45) is 5.92 Å². The lowest BCUT2D eigenvalue weighted by molar-refractivity contribution is -0.136. The highest BCUT2D eigenvalue weighted by Crippen LogP contribution is 2.21. The fourth-order valence-corrected chi connectivity index (χ4v) is 3.51. The molecule has 1 aliphatic heterocycles. The van der Waals surface area contributed by atoms with Gasteiger partial charge in [-0.15, -0.1) is 0 Å². The number of amides is 2. The highest BCUT2D eigenvalue weighted by Gasteiger charge is 2.27. The molecule has 148 valence electrons. The van der Waals surface area contributed by atoms with Crippen LogP contribution < -0.4 is 10.1 Å². The second kappa shape index (κ2) is 8.73. The Hall–Kier alpha value is -3.41. The molecule has 6 nitrogen and oxygen atoms in total. The second-order valence-electron chi connectivity index (χ2n) is 7.14. The summed E-state index contributed by atoms with van der Waals surface area (Å²) in [6.07, 6.45) is 1.27. The maximum absolute atomic E-state index is 12.6. The minimum Gasteiger partial charge on any atom is -0.484 e. The molecule has 6 heteroatoms. The molecule has 1 N–H and O–H groups in total. The summed E-state index contributed by atoms with van der Waals surface area (Å²) in [4.78, 5) is 31.2. The molecule has 29 heavy (non-hydrogen) atoms. The number of anilines is 1. The molecule has 0 saturated carbocycles. The second-order valence-corrected chi connectivity index (χ2v) is 7.14. The number of pyridine rings is 1. The molecule has 2 heterocycles. The average molecular weight is 389 g/mol. The largest absolute Gasteiger partial charge is 0.484 e. The SMILES string of the molecule is O=C(Nc1ccc2ccccc2n1)C1CCN(C(=O)COc2ccccc2)CC1. The Bertz CT molecular complexity index is 998. The first kappa shape index (κ1) is 18.9. The van der Waals surface area contributed by atoms with E-state index in [1.165, 1.54) is 0 Å². The van der Waals surface area contributed by atoms with Gasteiger partial charge < -0.3 is 15.0 Å². The molecule has 4 rings (SSSR count). The summed E-state index contributed by atoms with van der Waals surface area (Å²) in [5.74, 6) is 1.02. The van der Waals surface area contributed by atoms with E-state index in [2.05, 4.69) is 10.3 Å². The zero-order valence-corrected chi connectivity index (χ0v) is 16.1. The Labute approximate surface area is 169 Å². The molecule has 0 bridgehead atoms. The third-order valence-corrected chi connectivity index (χ3v) is 5.17. The third-order valence-electron chi connectivity index (χ3n) is 5.17. The highest BCUT2D eigenvalue weighted by molar-refractivity contribution is 5.93. The smallest absolute Gasteiger partial charge is 0.260 e. The van der Waals surface area contributed by atoms with Crippen LogP contribution in [-0.4, -0.2) is 41.4 Å². The summed E-state index contributed by atoms with van der Waals surface area (Å²) < 4.78 is 5.53. The summed E-state index contributed by atoms with van der Waals surface area (Å²) >= 11 is 0. The van der Waals surface area contributed by atoms with Crippen LogP contribution in [0.25, 0.3) is 10.9 Å². The van der Waals surface area contributed by atoms with Crippen LogP contribution in [0.1, 0.15) is 12.8 Å². The van der Waals surface area contributed by atoms with Crippen LogP contribution in [0.15, 0.2) is 66.7 Å². The molecule has 0 atom stereocenters. The zero-order chi connectivity index (χ0) is 20.1. The number of nitrogens with one attached hydrogen (secondary N) is 1. The summed E-state index contributed by atoms with van der Waals surface area (Å²) in [5, 5.41) is 3.95. The van der Waals surface area contributed by atoms with Gasteiger partial charge in [0.15, 0.2) is 6.61 Å². The van der Waals surface area contributed by atoms with E-state index in [0.717, 1.165) is 10.9 Å². The van der Waals surface area contributed by atoms with Crippen molar-refractivity contribution >= 4 is 28.5 Å². The lowest BCUT2D eigenvalue weighted by Crippen LogP contribution is -2.43. The van der Waals surface area contributed by atoms with E-state index < -0.39 is 0 Å². The summed E-state index contributed by atoms with van der Waals surface area (Å²) in [6, 6.07) is 20.9. The number of aromatic nitrogens is 1. The molecular formula is C23H23N3O3. The van der Waals surface area contributed by atoms with Gasteiger partial charge in [-0.2, -0.15) is 0 Å². The van der Waals surface area contributed by atoms with Crippen molar-refractivity contribution in [3.8, 4) is 5.75 Å². The standard InChI is InChI=1S/C23H23N3O3/c27-22(16-29-19-7-2-1-3-8-19)26-14-12-18(13-15-26)23(28)25-21-11-10-17-6-4-5-9-20(17)24-21/h1-11,18H,12-16H2,(H,24,25,28). The summed E-state index contributed by atoms with van der Waals surface area (Å²) in [5.41, 5.74) is 0.851. The van der Waals surface area contributed by atoms with Crippen LogP contribution in [0, 0.1) is 5.92 Å². The van der Waals surface area contributed by atoms with Gasteiger partial charge in [0.1, 0.15) is 11.6 Å². The number of benzene rings is 2. The molecule has 3 aromatic rings. The molecule has 0 radical (unpaired) electrons. The van der Waals surface area contributed by atoms with Gasteiger partial charge in [0, 0.05) is 24.4 Å². The Morgan fingerprint density at radius 2 is 1.69 bits per heavy atom. The van der Waals surface area contributed by atoms with E-state index in [4.69, 9.17) is 4.74 Å². The maximum atomic E-state index is 12.6. The number of carbonyl (C=O) groups excluding carboxylic acids is 2. The molecule has 1 fully saturated rings. The minimum absolute atomic E-state index is 0.0158. The number of hydrogen-bond donors (Lipinski definition) is 1. The van der Waals surface area contributed by atoms with Gasteiger partial charge in [-0.3, -0.25) is 9.59 Å². The van der Waals surface area contributed by atoms with Crippen molar-refractivity contribution in [3.05, 3.63) is 66.7 Å². The molecule has 1 aliphatic rings. The topological polar surface area (TPSA) is 71.5 Å². The molecule has 0 aliphatic carbocycles. The Morgan fingerprint density at radius 3 is 2.48 bits per heavy atom. The summed E-state index contributed by atoms with van der Waals surface area (Å²) in [6.45, 7) is 1.13. The quantitative estimate of drug-likeness (QED) is 0.725. The number of likely N-dealkylation sites (tertiary alicyclic amines) is 1. The van der Waals surface area contributed by atoms with Crippen LogP contribution in [0.5, 0.6) is 5.75 Å². The molecule has 2 amide bonds. The zero-order valence-electron chi connectivity index (χ0n) is 16.1. The normalized spacial score (nSPS) is 14.6. The van der Waals surface area contributed by atoms with E-state index in [1.807, 2.05) is 66.7 Å². The first-order valence-electron chi connectivity index (χ1n) is 9.81. The van der Waals surface area contributed by atoms with E-state index >= 15 is 0 Å². The molecule has 1 saturated heterocycles. The van der Waals surface area contributed by atoms with Gasteiger partial charge in [-0.05, 0) is 43.2 Å². The van der Waals surface area contributed by atoms with Gasteiger partial charge in [-0.25, -0.2) is 4.98 Å². The van der Waals surface area contributed by atoms with Gasteiger partial charge in [0.05, 0.1) is 5.52 Å². The number of hydrogen-bond acceptors (Lipinski definition) is 4. The van der Waals surface area contributed by atoms with Gasteiger partial charge in [0.25, 0.3) is 5.91 Å². The molecule has 2 aromatic carbocycles. The van der Waals surface area contributed by atoms with Crippen molar-refractivity contribution in [1.29, 1.82) is 0 Å². The lowest BCUT2D eigenvalue weighted by Gasteiger charge is -2.31. The highest BCUT2D eigenvalue weighted by atomic mass is 16.5. The Kier molecular flexibility index (Phi) is 5.70. The van der Waals surface area contributed by atoms with E-state index in [-0.39, 0.29) is 24.3 Å². The van der Waals surface area contributed by atoms with Crippen molar-refractivity contribution in [3.63, 3.8) is 0 Å². The molecule has 0 unspecified atom stereocenters. The minimum atomic E-state index is -0.123. The van der Waals surface area contributed by atoms with Crippen molar-refractivity contribution in [1.82, 2.24) is 9.88 Å². The number of ether oxygens (including phenoxy) is 1. The Balaban J connectivity index is 1.27. The van der Waals surface area contributed by atoms with E-state index in [0.29, 0.717) is 37.5 Å². The number of carbonyl (C=O) groups is 2. The van der Waals surface area contributed by atoms with Gasteiger partial charge in [0.2, 0.25) is 5.91 Å². The van der Waals surface area contributed by atoms with Crippen LogP contribution in [0.4, 0.5) is 5.82 Å². The van der Waals surface area contributed by atoms with Crippen LogP contribution in [0.2, 0.25) is 0 Å². The van der Waals surface area contributed by atoms with E-state index in [1.54, 1.807) is 4.90 Å². The van der Waals surface area contributed by atoms with Crippen LogP contribution in [0.3, 0.4) is 0 Å². The molecule has 0 spiro atoms. The predicted octanol–water partition coefficient (Wildman–Crippen LogP) is 3.49. The number of piperidine rings is 1. The van der Waals surface area contributed by atoms with Gasteiger partial charge >= 0.3 is 0 Å². The number of rotatable bonds is 5. The first-order valence-corrected chi connectivity index (χ1v) is 9.81. The van der Waals surface area contributed by atoms with Crippen molar-refractivity contribution in [2.75, 3.05) is 25.0 Å². The molecular weight excluding hydrogens is 366 g/mol. The number of nitrogens with zero attached hydrogens (tertiary/aromatic N) is 2. The fraction of sp³-hybridized carbons (Fsp3) is 0.261. The van der Waals surface area contributed by atoms with E-state index in [9.17, 15) is 9.59 Å². The van der Waals surface area contributed by atoms with Crippen molar-refractivity contribution < 1.29 is 14.3 Å². The van der Waals surface area contributed by atoms with Gasteiger partial charge in [-0.1, -0.05) is 36.4 Å². The lowest BCUT2D eigenvalue weighted by atomic mass is 9.96. The first-order chi connectivity index (χ1) is 14.2. The predicted molar refractivity (Wildman–Crippen MR) is 112 cm³/mol. The summed E-state index contributed by atoms with van der Waals surface area (Å²) in [7, 11) is 0. The fourth-order valence-electron chi connectivity index (χ4n) is 3.51. The maximum Gasteiger partial charge on any atom is 0.260 e. The Morgan fingerprint density at radius 1 is 0.966 bits per heavy atom.